The topological polar surface area (TPSA) is 70.1 Å². The van der Waals surface area contributed by atoms with E-state index in [1.807, 2.05) is 19.1 Å². The lowest BCUT2D eigenvalue weighted by molar-refractivity contribution is 0.0993. The highest BCUT2D eigenvalue weighted by molar-refractivity contribution is 6.10. The molecule has 0 aromatic heterocycles. The summed E-state index contributed by atoms with van der Waals surface area (Å²) < 4.78 is 0. The van der Waals surface area contributed by atoms with Gasteiger partial charge in [-0.25, -0.2) is 0 Å². The van der Waals surface area contributed by atoms with Gasteiger partial charge in [-0.15, -0.1) is 0 Å². The van der Waals surface area contributed by atoms with Gasteiger partial charge in [-0.3, -0.25) is 4.79 Å². The van der Waals surface area contributed by atoms with Crippen LogP contribution in [0.2, 0.25) is 0 Å². The van der Waals surface area contributed by atoms with Gasteiger partial charge in [0.25, 0.3) is 5.91 Å². The molecule has 0 fully saturated rings. The fraction of sp³-hybridized carbons (Fsp3) is 0.125. The normalized spacial score (nSPS) is 9.85. The molecule has 0 radical (unpaired) electrons. The minimum absolute atomic E-state index is 0.185. The van der Waals surface area contributed by atoms with E-state index < -0.39 is 0 Å². The van der Waals surface area contributed by atoms with E-state index >= 15 is 0 Å². The van der Waals surface area contributed by atoms with Gasteiger partial charge < -0.3 is 10.6 Å². The number of rotatable bonds is 2. The van der Waals surface area contributed by atoms with Gasteiger partial charge in [-0.1, -0.05) is 18.2 Å². The van der Waals surface area contributed by atoms with Crippen molar-refractivity contribution in [3.05, 3.63) is 59.2 Å². The minimum atomic E-state index is -0.185. The van der Waals surface area contributed by atoms with Crippen LogP contribution in [0.25, 0.3) is 0 Å². The number of anilines is 2. The van der Waals surface area contributed by atoms with Crippen molar-refractivity contribution in [3.63, 3.8) is 0 Å². The average Bonchev–Trinajstić information content (AvgIpc) is 2.46. The number of amides is 1. The number of nitrogens with zero attached hydrogens (tertiary/aromatic N) is 2. The number of nitrogen functional groups attached to an aromatic ring is 1. The molecule has 100 valence electrons. The molecule has 20 heavy (non-hydrogen) atoms. The van der Waals surface area contributed by atoms with E-state index in [0.29, 0.717) is 22.5 Å². The molecule has 1 amide bonds. The highest BCUT2D eigenvalue weighted by Gasteiger charge is 2.18. The summed E-state index contributed by atoms with van der Waals surface area (Å²) in [6.45, 7) is 1.85. The average molecular weight is 265 g/mol. The highest BCUT2D eigenvalue weighted by Crippen LogP contribution is 2.22. The first-order valence-corrected chi connectivity index (χ1v) is 6.18. The van der Waals surface area contributed by atoms with Crippen LogP contribution in [-0.4, -0.2) is 13.0 Å². The Bertz CT molecular complexity index is 681. The largest absolute Gasteiger partial charge is 0.398 e. The van der Waals surface area contributed by atoms with E-state index in [1.54, 1.807) is 37.4 Å². The Hall–Kier alpha value is -2.80. The van der Waals surface area contributed by atoms with E-state index in [-0.39, 0.29) is 5.91 Å². The van der Waals surface area contributed by atoms with E-state index in [9.17, 15) is 4.79 Å². The summed E-state index contributed by atoms with van der Waals surface area (Å²) in [6.07, 6.45) is 0. The number of nitriles is 1. The predicted octanol–water partition coefficient (Wildman–Crippen LogP) is 2.73. The van der Waals surface area contributed by atoms with Crippen molar-refractivity contribution in [2.45, 2.75) is 6.92 Å². The summed E-state index contributed by atoms with van der Waals surface area (Å²) in [5.41, 5.74) is 8.86. The Balaban J connectivity index is 2.40. The van der Waals surface area contributed by atoms with E-state index in [2.05, 4.69) is 6.07 Å². The second-order valence-corrected chi connectivity index (χ2v) is 4.57. The second-order valence-electron chi connectivity index (χ2n) is 4.57. The summed E-state index contributed by atoms with van der Waals surface area (Å²) in [4.78, 5) is 14.0. The van der Waals surface area contributed by atoms with Crippen LogP contribution >= 0.6 is 0 Å². The molecule has 4 heteroatoms. The van der Waals surface area contributed by atoms with Crippen LogP contribution in [-0.2, 0) is 0 Å². The molecule has 0 aliphatic rings. The number of carbonyl (C=O) groups excluding carboxylic acids is 1. The lowest BCUT2D eigenvalue weighted by Gasteiger charge is -2.19. The van der Waals surface area contributed by atoms with Gasteiger partial charge in [0, 0.05) is 18.4 Å². The van der Waals surface area contributed by atoms with E-state index in [0.717, 1.165) is 5.56 Å². The standard InChI is InChI=1S/C16H15N3O/c1-11-5-3-8-14(18)15(11)16(20)19(2)13-7-4-6-12(9-13)10-17/h3-9H,18H2,1-2H3. The molecule has 0 saturated carbocycles. The molecule has 0 unspecified atom stereocenters. The fourth-order valence-corrected chi connectivity index (χ4v) is 2.05. The molecule has 2 N–H and O–H groups in total. The van der Waals surface area contributed by atoms with Crippen LogP contribution < -0.4 is 10.6 Å². The number of nitrogens with two attached hydrogens (primary N) is 1. The van der Waals surface area contributed by atoms with Crippen molar-refractivity contribution in [2.24, 2.45) is 0 Å². The van der Waals surface area contributed by atoms with Crippen molar-refractivity contribution in [1.82, 2.24) is 0 Å². The van der Waals surface area contributed by atoms with Crippen LogP contribution in [0.3, 0.4) is 0 Å². The first kappa shape index (κ1) is 13.6. The molecule has 0 heterocycles. The zero-order valence-corrected chi connectivity index (χ0v) is 11.4. The molecule has 2 rings (SSSR count). The van der Waals surface area contributed by atoms with Crippen molar-refractivity contribution < 1.29 is 4.79 Å². The first-order valence-electron chi connectivity index (χ1n) is 6.18. The van der Waals surface area contributed by atoms with Crippen LogP contribution in [0.15, 0.2) is 42.5 Å². The highest BCUT2D eigenvalue weighted by atomic mass is 16.2. The molecule has 2 aromatic rings. The molecule has 0 saturated heterocycles. The Morgan fingerprint density at radius 2 is 1.95 bits per heavy atom. The maximum absolute atomic E-state index is 12.5. The van der Waals surface area contributed by atoms with Crippen molar-refractivity contribution >= 4 is 17.3 Å². The molecule has 4 nitrogen and oxygen atoms in total. The number of hydrogen-bond donors (Lipinski definition) is 1. The summed E-state index contributed by atoms with van der Waals surface area (Å²) >= 11 is 0. The first-order chi connectivity index (χ1) is 9.54. The second kappa shape index (κ2) is 5.45. The van der Waals surface area contributed by atoms with Crippen LogP contribution in [0.1, 0.15) is 21.5 Å². The minimum Gasteiger partial charge on any atom is -0.398 e. The molecule has 0 bridgehead atoms. The summed E-state index contributed by atoms with van der Waals surface area (Å²) in [5, 5.41) is 8.91. The quantitative estimate of drug-likeness (QED) is 0.849. The zero-order valence-electron chi connectivity index (χ0n) is 11.4. The van der Waals surface area contributed by atoms with Gasteiger partial charge in [0.2, 0.25) is 0 Å². The Morgan fingerprint density at radius 1 is 1.25 bits per heavy atom. The molecule has 0 aliphatic carbocycles. The maximum atomic E-state index is 12.5. The third-order valence-corrected chi connectivity index (χ3v) is 3.19. The van der Waals surface area contributed by atoms with E-state index in [4.69, 9.17) is 11.0 Å². The molecular formula is C16H15N3O. The smallest absolute Gasteiger partial charge is 0.260 e. The van der Waals surface area contributed by atoms with Gasteiger partial charge in [0.05, 0.1) is 17.2 Å². The van der Waals surface area contributed by atoms with Gasteiger partial charge in [0.1, 0.15) is 0 Å². The predicted molar refractivity (Wildman–Crippen MR) is 79.5 cm³/mol. The van der Waals surface area contributed by atoms with Crippen LogP contribution in [0.5, 0.6) is 0 Å². The van der Waals surface area contributed by atoms with Gasteiger partial charge in [-0.05, 0) is 36.8 Å². The molecular weight excluding hydrogens is 250 g/mol. The van der Waals surface area contributed by atoms with Gasteiger partial charge >= 0.3 is 0 Å². The number of hydrogen-bond acceptors (Lipinski definition) is 3. The van der Waals surface area contributed by atoms with Gasteiger partial charge in [-0.2, -0.15) is 5.26 Å². The third kappa shape index (κ3) is 2.47. The monoisotopic (exact) mass is 265 g/mol. The lowest BCUT2D eigenvalue weighted by atomic mass is 10.1. The summed E-state index contributed by atoms with van der Waals surface area (Å²) in [5.74, 6) is -0.185. The zero-order chi connectivity index (χ0) is 14.7. The SMILES string of the molecule is Cc1cccc(N)c1C(=O)N(C)c1cccc(C#N)c1. The van der Waals surface area contributed by atoms with Crippen molar-refractivity contribution in [1.29, 1.82) is 5.26 Å². The molecule has 0 atom stereocenters. The number of benzene rings is 2. The van der Waals surface area contributed by atoms with E-state index in [1.165, 1.54) is 4.90 Å². The Labute approximate surface area is 118 Å². The van der Waals surface area contributed by atoms with Crippen molar-refractivity contribution in [2.75, 3.05) is 17.7 Å². The number of aryl methyl sites for hydroxylation is 1. The van der Waals surface area contributed by atoms with Crippen LogP contribution in [0, 0.1) is 18.3 Å². The molecule has 0 spiro atoms. The Morgan fingerprint density at radius 3 is 2.60 bits per heavy atom. The maximum Gasteiger partial charge on any atom is 0.260 e. The van der Waals surface area contributed by atoms with Crippen molar-refractivity contribution in [3.8, 4) is 6.07 Å². The summed E-state index contributed by atoms with van der Waals surface area (Å²) in [7, 11) is 1.67. The third-order valence-electron chi connectivity index (χ3n) is 3.19. The molecule has 2 aromatic carbocycles. The Kier molecular flexibility index (Phi) is 3.72. The molecule has 0 aliphatic heterocycles. The van der Waals surface area contributed by atoms with Gasteiger partial charge in [0.15, 0.2) is 0 Å². The lowest BCUT2D eigenvalue weighted by Crippen LogP contribution is -2.27. The fourth-order valence-electron chi connectivity index (χ4n) is 2.05. The number of carbonyl (C=O) groups is 1. The summed E-state index contributed by atoms with van der Waals surface area (Å²) in [6, 6.07) is 14.3. The van der Waals surface area contributed by atoms with Crippen LogP contribution in [0.4, 0.5) is 11.4 Å².